The fraction of sp³-hybridized carbons (Fsp3) is 0.440. The van der Waals surface area contributed by atoms with Gasteiger partial charge in [0.25, 0.3) is 0 Å². The summed E-state index contributed by atoms with van der Waals surface area (Å²) >= 11 is 0. The molecule has 0 spiro atoms. The summed E-state index contributed by atoms with van der Waals surface area (Å²) in [5.74, 6) is -2.76. The molecular formula is C25H29F3O2. The SMILES string of the molecule is C=C(CC)/C(F)=C1/Oc2c(cc(CCC3CCC(/C=C/C)OC3)c(F)c2F)CC1=C. The van der Waals surface area contributed by atoms with E-state index < -0.39 is 17.5 Å². The molecule has 0 N–H and O–H groups in total. The Morgan fingerprint density at radius 3 is 2.67 bits per heavy atom. The number of fused-ring (bicyclic) bond motifs is 1. The zero-order chi connectivity index (χ0) is 21.8. The Labute approximate surface area is 176 Å². The maximum absolute atomic E-state index is 14.8. The van der Waals surface area contributed by atoms with Crippen LogP contribution in [0, 0.1) is 17.6 Å². The minimum atomic E-state index is -1.07. The third kappa shape index (κ3) is 4.72. The quantitative estimate of drug-likeness (QED) is 0.468. The third-order valence-electron chi connectivity index (χ3n) is 5.81. The lowest BCUT2D eigenvalue weighted by Crippen LogP contribution is -2.25. The highest BCUT2D eigenvalue weighted by Crippen LogP contribution is 2.39. The summed E-state index contributed by atoms with van der Waals surface area (Å²) in [4.78, 5) is 0. The molecule has 0 saturated carbocycles. The van der Waals surface area contributed by atoms with Crippen LogP contribution in [0.5, 0.6) is 5.75 Å². The molecule has 1 aromatic carbocycles. The number of benzene rings is 1. The number of hydrogen-bond acceptors (Lipinski definition) is 2. The van der Waals surface area contributed by atoms with Crippen LogP contribution in [0.3, 0.4) is 0 Å². The van der Waals surface area contributed by atoms with Gasteiger partial charge in [0, 0.05) is 12.0 Å². The summed E-state index contributed by atoms with van der Waals surface area (Å²) in [5.41, 5.74) is 1.42. The number of hydrogen-bond donors (Lipinski definition) is 0. The first kappa shape index (κ1) is 22.4. The van der Waals surface area contributed by atoms with Crippen LogP contribution >= 0.6 is 0 Å². The lowest BCUT2D eigenvalue weighted by molar-refractivity contribution is 0.00855. The van der Waals surface area contributed by atoms with Crippen molar-refractivity contribution in [1.82, 2.24) is 0 Å². The zero-order valence-corrected chi connectivity index (χ0v) is 17.7. The molecule has 2 nitrogen and oxygen atoms in total. The third-order valence-corrected chi connectivity index (χ3v) is 5.81. The van der Waals surface area contributed by atoms with E-state index >= 15 is 0 Å². The van der Waals surface area contributed by atoms with Gasteiger partial charge >= 0.3 is 0 Å². The predicted octanol–water partition coefficient (Wildman–Crippen LogP) is 6.91. The Balaban J connectivity index is 1.75. The number of rotatable bonds is 6. The van der Waals surface area contributed by atoms with Crippen LogP contribution in [0.2, 0.25) is 0 Å². The maximum Gasteiger partial charge on any atom is 0.201 e. The van der Waals surface area contributed by atoms with Crippen molar-refractivity contribution in [2.45, 2.75) is 58.5 Å². The van der Waals surface area contributed by atoms with Crippen molar-refractivity contribution in [2.75, 3.05) is 6.61 Å². The Bertz CT molecular complexity index is 890. The Hall–Kier alpha value is -2.27. The second-order valence-corrected chi connectivity index (χ2v) is 8.01. The lowest BCUT2D eigenvalue weighted by Gasteiger charge is -2.28. The molecule has 162 valence electrons. The molecule has 1 fully saturated rings. The molecule has 2 aliphatic heterocycles. The Morgan fingerprint density at radius 2 is 2.03 bits per heavy atom. The molecule has 0 aliphatic carbocycles. The van der Waals surface area contributed by atoms with E-state index in [1.54, 1.807) is 13.0 Å². The van der Waals surface area contributed by atoms with Crippen molar-refractivity contribution in [2.24, 2.45) is 5.92 Å². The molecule has 2 atom stereocenters. The van der Waals surface area contributed by atoms with Crippen LogP contribution in [0.1, 0.15) is 50.7 Å². The van der Waals surface area contributed by atoms with Crippen LogP contribution in [0.15, 0.2) is 54.1 Å². The molecule has 2 unspecified atom stereocenters. The van der Waals surface area contributed by atoms with E-state index in [1.165, 1.54) is 0 Å². The van der Waals surface area contributed by atoms with Crippen LogP contribution in [-0.4, -0.2) is 12.7 Å². The van der Waals surface area contributed by atoms with Crippen molar-refractivity contribution >= 4 is 0 Å². The highest BCUT2D eigenvalue weighted by molar-refractivity contribution is 5.51. The van der Waals surface area contributed by atoms with E-state index in [4.69, 9.17) is 9.47 Å². The van der Waals surface area contributed by atoms with Crippen molar-refractivity contribution in [3.05, 3.63) is 76.9 Å². The van der Waals surface area contributed by atoms with E-state index in [0.717, 1.165) is 19.3 Å². The van der Waals surface area contributed by atoms with Gasteiger partial charge in [-0.25, -0.2) is 8.78 Å². The van der Waals surface area contributed by atoms with Crippen molar-refractivity contribution in [3.63, 3.8) is 0 Å². The first-order chi connectivity index (χ1) is 14.3. The highest BCUT2D eigenvalue weighted by Gasteiger charge is 2.29. The second-order valence-electron chi connectivity index (χ2n) is 8.01. The summed E-state index contributed by atoms with van der Waals surface area (Å²) in [6, 6.07) is 1.62. The first-order valence-corrected chi connectivity index (χ1v) is 10.5. The molecule has 0 bridgehead atoms. The molecular weight excluding hydrogens is 389 g/mol. The Kier molecular flexibility index (Phi) is 7.24. The first-order valence-electron chi connectivity index (χ1n) is 10.5. The largest absolute Gasteiger partial charge is 0.450 e. The molecule has 1 saturated heterocycles. The zero-order valence-electron chi connectivity index (χ0n) is 17.7. The van der Waals surface area contributed by atoms with Gasteiger partial charge in [-0.05, 0) is 67.7 Å². The van der Waals surface area contributed by atoms with Gasteiger partial charge < -0.3 is 9.47 Å². The average molecular weight is 418 g/mol. The summed E-state index contributed by atoms with van der Waals surface area (Å²) in [5, 5.41) is 0. The van der Waals surface area contributed by atoms with Gasteiger partial charge in [-0.15, -0.1) is 0 Å². The van der Waals surface area contributed by atoms with Gasteiger partial charge in [0.05, 0.1) is 12.7 Å². The minimum Gasteiger partial charge on any atom is -0.450 e. The van der Waals surface area contributed by atoms with Crippen LogP contribution in [0.25, 0.3) is 0 Å². The van der Waals surface area contributed by atoms with Gasteiger partial charge in [-0.2, -0.15) is 4.39 Å². The monoisotopic (exact) mass is 418 g/mol. The minimum absolute atomic E-state index is 0.152. The fourth-order valence-corrected chi connectivity index (χ4v) is 3.92. The highest BCUT2D eigenvalue weighted by atomic mass is 19.2. The number of halogens is 3. The van der Waals surface area contributed by atoms with Gasteiger partial charge in [0.2, 0.25) is 5.82 Å². The molecule has 30 heavy (non-hydrogen) atoms. The van der Waals surface area contributed by atoms with E-state index in [2.05, 4.69) is 13.2 Å². The Morgan fingerprint density at radius 1 is 1.27 bits per heavy atom. The average Bonchev–Trinajstić information content (AvgIpc) is 2.75. The summed E-state index contributed by atoms with van der Waals surface area (Å²) in [6.07, 6.45) is 7.83. The predicted molar refractivity (Wildman–Crippen MR) is 113 cm³/mol. The standard InChI is InChI=1S/C25H29F3O2/c1-5-7-20-11-9-17(14-29-20)8-10-18-13-19-12-16(4)24(21(26)15(3)6-2)30-25(19)23(28)22(18)27/h5,7,13,17,20H,3-4,6,8-12,14H2,1-2H3/b7-5+,24-21-. The summed E-state index contributed by atoms with van der Waals surface area (Å²) in [6.45, 7) is 11.8. The normalized spacial score (nSPS) is 23.3. The summed E-state index contributed by atoms with van der Waals surface area (Å²) < 4.78 is 55.2. The molecule has 2 aliphatic rings. The van der Waals surface area contributed by atoms with Gasteiger partial charge in [0.1, 0.15) is 0 Å². The molecule has 0 amide bonds. The molecule has 0 radical (unpaired) electrons. The van der Waals surface area contributed by atoms with Crippen molar-refractivity contribution < 1.29 is 22.6 Å². The van der Waals surface area contributed by atoms with Crippen LogP contribution in [0.4, 0.5) is 13.2 Å². The number of ether oxygens (including phenoxy) is 2. The second kappa shape index (κ2) is 9.69. The molecule has 1 aromatic rings. The van der Waals surface area contributed by atoms with E-state index in [9.17, 15) is 13.2 Å². The van der Waals surface area contributed by atoms with E-state index in [0.29, 0.717) is 42.1 Å². The van der Waals surface area contributed by atoms with Gasteiger partial charge in [-0.3, -0.25) is 0 Å². The van der Waals surface area contributed by atoms with Crippen molar-refractivity contribution in [3.8, 4) is 5.75 Å². The smallest absolute Gasteiger partial charge is 0.201 e. The van der Waals surface area contributed by atoms with Gasteiger partial charge in [-0.1, -0.05) is 32.2 Å². The topological polar surface area (TPSA) is 18.5 Å². The van der Waals surface area contributed by atoms with Crippen LogP contribution in [-0.2, 0) is 17.6 Å². The van der Waals surface area contributed by atoms with E-state index in [-0.39, 0.29) is 29.6 Å². The fourth-order valence-electron chi connectivity index (χ4n) is 3.92. The number of allylic oxidation sites excluding steroid dienone is 4. The maximum atomic E-state index is 14.8. The molecule has 0 aromatic heterocycles. The van der Waals surface area contributed by atoms with Crippen molar-refractivity contribution in [1.29, 1.82) is 0 Å². The number of aryl methyl sites for hydroxylation is 1. The summed E-state index contributed by atoms with van der Waals surface area (Å²) in [7, 11) is 0. The van der Waals surface area contributed by atoms with Crippen LogP contribution < -0.4 is 4.74 Å². The lowest BCUT2D eigenvalue weighted by atomic mass is 9.90. The van der Waals surface area contributed by atoms with E-state index in [1.807, 2.05) is 19.1 Å². The van der Waals surface area contributed by atoms with Gasteiger partial charge in [0.15, 0.2) is 23.2 Å². The molecule has 2 heterocycles. The molecule has 3 rings (SSSR count). The molecule has 5 heteroatoms.